The maximum atomic E-state index is 7.78. The van der Waals surface area contributed by atoms with Gasteiger partial charge in [-0.15, -0.1) is 0 Å². The summed E-state index contributed by atoms with van der Waals surface area (Å²) in [5, 5.41) is 0. The Kier molecular flexibility index (Phi) is 8.44. The molecule has 0 aromatic heterocycles. The zero-order chi connectivity index (χ0) is 19.0. The van der Waals surface area contributed by atoms with Crippen molar-refractivity contribution in [3.63, 3.8) is 0 Å². The van der Waals surface area contributed by atoms with E-state index in [1.54, 1.807) is 0 Å². The molecule has 0 saturated heterocycles. The van der Waals surface area contributed by atoms with Gasteiger partial charge in [-0.2, -0.15) is 0 Å². The monoisotopic (exact) mass is 398 g/mol. The van der Waals surface area contributed by atoms with E-state index >= 15 is 0 Å². The Labute approximate surface area is 156 Å². The summed E-state index contributed by atoms with van der Waals surface area (Å²) in [5.41, 5.74) is 0. The molecule has 0 bridgehead atoms. The first-order valence-electron chi connectivity index (χ1n) is 9.68. The van der Waals surface area contributed by atoms with E-state index in [2.05, 4.69) is 96.9 Å². The molecule has 0 aromatic rings. The fourth-order valence-corrected chi connectivity index (χ4v) is 38.0. The van der Waals surface area contributed by atoms with Gasteiger partial charge in [-0.05, 0) is 0 Å². The Morgan fingerprint density at radius 2 is 0.783 bits per heavy atom. The molecule has 0 aromatic carbocycles. The fraction of sp³-hybridized carbons (Fsp3) is 1.00. The van der Waals surface area contributed by atoms with Gasteiger partial charge < -0.3 is 0 Å². The third-order valence-corrected chi connectivity index (χ3v) is 29.4. The quantitative estimate of drug-likeness (QED) is 0.406. The van der Waals surface area contributed by atoms with Crippen LogP contribution in [-0.4, -0.2) is 0 Å². The molecule has 0 heterocycles. The first kappa shape index (κ1) is 24.4. The summed E-state index contributed by atoms with van der Waals surface area (Å²) in [5.74, 6) is 0. The van der Waals surface area contributed by atoms with E-state index in [1.807, 2.05) is 0 Å². The topological polar surface area (TPSA) is 9.23 Å². The van der Waals surface area contributed by atoms with Crippen molar-refractivity contribution in [1.29, 1.82) is 0 Å². The van der Waals surface area contributed by atoms with Crippen molar-refractivity contribution in [3.05, 3.63) is 0 Å². The van der Waals surface area contributed by atoms with Gasteiger partial charge >= 0.3 is 157 Å². The van der Waals surface area contributed by atoms with Crippen LogP contribution in [0.4, 0.5) is 0 Å². The second kappa shape index (κ2) is 7.96. The number of hydrogen-bond donors (Lipinski definition) is 0. The summed E-state index contributed by atoms with van der Waals surface area (Å²) >= 11 is -5.18. The van der Waals surface area contributed by atoms with E-state index in [1.165, 1.54) is 0 Å². The van der Waals surface area contributed by atoms with Gasteiger partial charge in [0, 0.05) is 0 Å². The van der Waals surface area contributed by atoms with Crippen molar-refractivity contribution in [1.82, 2.24) is 0 Å². The minimum atomic E-state index is -2.68. The van der Waals surface area contributed by atoms with Gasteiger partial charge in [0.15, 0.2) is 0 Å². The molecule has 3 heteroatoms. The van der Waals surface area contributed by atoms with Crippen LogP contribution >= 0.6 is 0 Å². The normalized spacial score (nSPS) is 15.4. The fourth-order valence-electron chi connectivity index (χ4n) is 5.91. The van der Waals surface area contributed by atoms with E-state index in [0.717, 1.165) is 0 Å². The molecule has 0 spiro atoms. The van der Waals surface area contributed by atoms with Crippen molar-refractivity contribution in [2.45, 2.75) is 121 Å². The molecule has 0 aliphatic carbocycles. The second-order valence-electron chi connectivity index (χ2n) is 10.8. The van der Waals surface area contributed by atoms with Crippen LogP contribution in [0.25, 0.3) is 0 Å². The molecule has 0 atom stereocenters. The van der Waals surface area contributed by atoms with Crippen molar-refractivity contribution < 1.29 is 35.9 Å². The molecule has 23 heavy (non-hydrogen) atoms. The molecule has 0 aliphatic heterocycles. The van der Waals surface area contributed by atoms with Gasteiger partial charge in [0.25, 0.3) is 0 Å². The molecule has 1 nitrogen and oxygen atoms in total. The van der Waals surface area contributed by atoms with Crippen LogP contribution in [0.2, 0.25) is 24.3 Å². The first-order valence-corrected chi connectivity index (χ1v) is 16.1. The molecule has 0 unspecified atom stereocenters. The summed E-state index contributed by atoms with van der Waals surface area (Å²) in [6, 6.07) is 0. The number of rotatable bonds is 6. The van der Waals surface area contributed by atoms with Crippen molar-refractivity contribution in [3.8, 4) is 0 Å². The third-order valence-electron chi connectivity index (χ3n) is 6.09. The molecular weight excluding hydrogens is 352 g/mol. The van der Waals surface area contributed by atoms with Crippen molar-refractivity contribution >= 4 is 0 Å². The van der Waals surface area contributed by atoms with E-state index in [-0.39, 0.29) is 0 Å². The summed E-state index contributed by atoms with van der Waals surface area (Å²) in [4.78, 5) is 0. The third kappa shape index (κ3) is 4.39. The van der Waals surface area contributed by atoms with E-state index < -0.39 is 34.0 Å². The Balaban J connectivity index is 6.55. The Hall–Kier alpha value is 1.39. The van der Waals surface area contributed by atoms with Gasteiger partial charge in [-0.1, -0.05) is 0 Å². The predicted octanol–water partition coefficient (Wildman–Crippen LogP) is 8.89. The summed E-state index contributed by atoms with van der Waals surface area (Å²) in [6.45, 7) is 34.3. The molecule has 0 N–H and O–H groups in total. The van der Waals surface area contributed by atoms with Crippen LogP contribution in [0, 0.1) is 0 Å². The van der Waals surface area contributed by atoms with Gasteiger partial charge in [0.1, 0.15) is 0 Å². The zero-order valence-corrected chi connectivity index (χ0v) is 21.8. The molecule has 0 rings (SSSR count). The van der Waals surface area contributed by atoms with E-state index in [0.29, 0.717) is 24.3 Å². The standard InChI is InChI=1S/2C4H9.4C3H7.O.2Ti/c2*1-4(2)3;4*1-3-2;;;/h2*1-3H3;4*3H,1-2H3;;;. The Morgan fingerprint density at radius 3 is 0.913 bits per heavy atom. The molecule has 0 aliphatic rings. The first-order chi connectivity index (χ1) is 9.98. The predicted molar refractivity (Wildman–Crippen MR) is 101 cm³/mol. The van der Waals surface area contributed by atoms with Gasteiger partial charge in [0.2, 0.25) is 0 Å². The molecule has 140 valence electrons. The Morgan fingerprint density at radius 1 is 0.522 bits per heavy atom. The van der Waals surface area contributed by atoms with E-state index in [4.69, 9.17) is 1.90 Å². The van der Waals surface area contributed by atoms with Crippen LogP contribution in [-0.2, 0) is 35.9 Å². The zero-order valence-electron chi connectivity index (χ0n) is 18.7. The molecule has 0 fully saturated rings. The van der Waals surface area contributed by atoms with Crippen LogP contribution < -0.4 is 0 Å². The van der Waals surface area contributed by atoms with Gasteiger partial charge in [-0.3, -0.25) is 0 Å². The number of hydrogen-bond acceptors (Lipinski definition) is 1. The summed E-state index contributed by atoms with van der Waals surface area (Å²) < 4.78 is 11.2. The van der Waals surface area contributed by atoms with E-state index in [9.17, 15) is 0 Å². The average Bonchev–Trinajstić information content (AvgIpc) is 2.23. The molecule has 0 saturated carbocycles. The van der Waals surface area contributed by atoms with Gasteiger partial charge in [-0.25, -0.2) is 0 Å². The summed E-state index contributed by atoms with van der Waals surface area (Å²) in [7, 11) is 0. The maximum absolute atomic E-state index is 7.78. The van der Waals surface area contributed by atoms with Gasteiger partial charge in [0.05, 0.1) is 0 Å². The summed E-state index contributed by atoms with van der Waals surface area (Å²) in [6.07, 6.45) is 0. The van der Waals surface area contributed by atoms with Crippen LogP contribution in [0.5, 0.6) is 0 Å². The molecule has 0 radical (unpaired) electrons. The van der Waals surface area contributed by atoms with Crippen LogP contribution in [0.3, 0.4) is 0 Å². The molecule has 0 amide bonds. The Bertz CT molecular complexity index is 334. The second-order valence-corrected chi connectivity index (χ2v) is 29.3. The minimum absolute atomic E-state index is 0.293. The van der Waals surface area contributed by atoms with Crippen molar-refractivity contribution in [2.75, 3.05) is 0 Å². The van der Waals surface area contributed by atoms with Crippen LogP contribution in [0.1, 0.15) is 96.9 Å². The SMILES string of the molecule is C[CH](C)[Ti]([O][Ti]([CH](C)C)([C](C)(C)C)[C](C)(C)C)([CH](C)C)[CH](C)C. The molecular formula is C20H46OTi2. The van der Waals surface area contributed by atoms with Crippen LogP contribution in [0.15, 0.2) is 0 Å². The average molecular weight is 398 g/mol. The van der Waals surface area contributed by atoms with Crippen molar-refractivity contribution in [2.24, 2.45) is 0 Å².